The summed E-state index contributed by atoms with van der Waals surface area (Å²) in [5.74, 6) is 0.742. The highest BCUT2D eigenvalue weighted by Crippen LogP contribution is 2.49. The summed E-state index contributed by atoms with van der Waals surface area (Å²) in [6, 6.07) is -0.293. The summed E-state index contributed by atoms with van der Waals surface area (Å²) in [6.45, 7) is 0.254. The minimum atomic E-state index is -0.293. The second-order valence-electron chi connectivity index (χ2n) is 4.24. The lowest BCUT2D eigenvalue weighted by molar-refractivity contribution is -0.123. The monoisotopic (exact) mass is 233 g/mol. The molecule has 0 aromatic rings. The van der Waals surface area contributed by atoms with Crippen molar-refractivity contribution in [1.82, 2.24) is 5.32 Å². The van der Waals surface area contributed by atoms with Crippen molar-refractivity contribution in [2.45, 2.75) is 25.3 Å². The standard InChI is InChI=1S/C10H19NO3S/c1-14-6-8(5-12)11-9(13)4-10(7-15)2-3-10/h8,12,15H,2-7H2,1H3,(H,11,13). The van der Waals surface area contributed by atoms with Crippen LogP contribution >= 0.6 is 12.6 Å². The van der Waals surface area contributed by atoms with Gasteiger partial charge in [0.15, 0.2) is 0 Å². The molecule has 0 saturated heterocycles. The molecule has 1 unspecified atom stereocenters. The fourth-order valence-electron chi connectivity index (χ4n) is 1.53. The maximum atomic E-state index is 11.6. The van der Waals surface area contributed by atoms with E-state index >= 15 is 0 Å². The van der Waals surface area contributed by atoms with E-state index in [2.05, 4.69) is 17.9 Å². The Bertz CT molecular complexity index is 219. The summed E-state index contributed by atoms with van der Waals surface area (Å²) in [5, 5.41) is 11.7. The molecule has 0 heterocycles. The predicted molar refractivity (Wildman–Crippen MR) is 61.0 cm³/mol. The molecule has 0 radical (unpaired) electrons. The minimum absolute atomic E-state index is 0.0161. The van der Waals surface area contributed by atoms with Crippen LogP contribution in [0.25, 0.3) is 0 Å². The maximum absolute atomic E-state index is 11.6. The van der Waals surface area contributed by atoms with Gasteiger partial charge in [-0.25, -0.2) is 0 Å². The topological polar surface area (TPSA) is 58.6 Å². The van der Waals surface area contributed by atoms with Crippen LogP contribution in [0.5, 0.6) is 0 Å². The Hall–Kier alpha value is -0.260. The Labute approximate surface area is 95.8 Å². The molecule has 0 aromatic carbocycles. The highest BCUT2D eigenvalue weighted by molar-refractivity contribution is 7.80. The van der Waals surface area contributed by atoms with Crippen molar-refractivity contribution >= 4 is 18.5 Å². The predicted octanol–water partition coefficient (Wildman–Crippen LogP) is 0.210. The Morgan fingerprint density at radius 1 is 1.67 bits per heavy atom. The molecule has 88 valence electrons. The van der Waals surface area contributed by atoms with Gasteiger partial charge in [0, 0.05) is 13.5 Å². The molecule has 1 aliphatic rings. The van der Waals surface area contributed by atoms with E-state index < -0.39 is 0 Å². The van der Waals surface area contributed by atoms with Crippen LogP contribution in [-0.2, 0) is 9.53 Å². The Morgan fingerprint density at radius 3 is 2.73 bits per heavy atom. The number of aliphatic hydroxyl groups excluding tert-OH is 1. The number of nitrogens with one attached hydrogen (secondary N) is 1. The molecule has 2 N–H and O–H groups in total. The zero-order valence-corrected chi connectivity index (χ0v) is 9.93. The van der Waals surface area contributed by atoms with E-state index in [-0.39, 0.29) is 24.0 Å². The van der Waals surface area contributed by atoms with E-state index in [1.165, 1.54) is 0 Å². The number of carbonyl (C=O) groups excluding carboxylic acids is 1. The molecular formula is C10H19NO3S. The van der Waals surface area contributed by atoms with Crippen molar-refractivity contribution in [1.29, 1.82) is 0 Å². The first kappa shape index (κ1) is 12.8. The molecule has 0 aliphatic heterocycles. The van der Waals surface area contributed by atoms with Crippen LogP contribution in [-0.4, -0.2) is 43.1 Å². The first-order valence-electron chi connectivity index (χ1n) is 5.16. The van der Waals surface area contributed by atoms with Crippen LogP contribution in [0.15, 0.2) is 0 Å². The van der Waals surface area contributed by atoms with Gasteiger partial charge >= 0.3 is 0 Å². The molecule has 4 nitrogen and oxygen atoms in total. The summed E-state index contributed by atoms with van der Waals surface area (Å²) < 4.78 is 4.88. The maximum Gasteiger partial charge on any atom is 0.220 e. The second kappa shape index (κ2) is 5.72. The third-order valence-electron chi connectivity index (χ3n) is 2.78. The summed E-state index contributed by atoms with van der Waals surface area (Å²) >= 11 is 4.24. The summed E-state index contributed by atoms with van der Waals surface area (Å²) in [6.07, 6.45) is 2.67. The van der Waals surface area contributed by atoms with E-state index in [1.54, 1.807) is 7.11 Å². The van der Waals surface area contributed by atoms with Gasteiger partial charge in [-0.3, -0.25) is 4.79 Å². The molecular weight excluding hydrogens is 214 g/mol. The number of ether oxygens (including phenoxy) is 1. The number of rotatable bonds is 7. The Balaban J connectivity index is 2.28. The quantitative estimate of drug-likeness (QED) is 0.551. The van der Waals surface area contributed by atoms with Gasteiger partial charge < -0.3 is 15.2 Å². The fraction of sp³-hybridized carbons (Fsp3) is 0.900. The van der Waals surface area contributed by atoms with Crippen LogP contribution in [0.1, 0.15) is 19.3 Å². The SMILES string of the molecule is COCC(CO)NC(=O)CC1(CS)CC1. The highest BCUT2D eigenvalue weighted by Gasteiger charge is 2.43. The largest absolute Gasteiger partial charge is 0.394 e. The number of hydrogen-bond donors (Lipinski definition) is 3. The summed E-state index contributed by atoms with van der Waals surface area (Å²) in [7, 11) is 1.55. The number of amides is 1. The van der Waals surface area contributed by atoms with Gasteiger partial charge in [-0.15, -0.1) is 0 Å². The Kier molecular flexibility index (Phi) is 4.89. The number of aliphatic hydroxyl groups is 1. The van der Waals surface area contributed by atoms with Gasteiger partial charge in [0.05, 0.1) is 19.3 Å². The fourth-order valence-corrected chi connectivity index (χ4v) is 1.96. The lowest BCUT2D eigenvalue weighted by Crippen LogP contribution is -2.41. The van der Waals surface area contributed by atoms with E-state index in [0.717, 1.165) is 18.6 Å². The van der Waals surface area contributed by atoms with Gasteiger partial charge in [0.25, 0.3) is 0 Å². The lowest BCUT2D eigenvalue weighted by Gasteiger charge is -2.17. The van der Waals surface area contributed by atoms with E-state index in [9.17, 15) is 4.79 Å². The third kappa shape index (κ3) is 4.01. The van der Waals surface area contributed by atoms with Crippen LogP contribution in [0.3, 0.4) is 0 Å². The number of methoxy groups -OCH3 is 1. The van der Waals surface area contributed by atoms with Crippen molar-refractivity contribution in [3.8, 4) is 0 Å². The van der Waals surface area contributed by atoms with Crippen molar-refractivity contribution in [3.63, 3.8) is 0 Å². The van der Waals surface area contributed by atoms with E-state index in [4.69, 9.17) is 9.84 Å². The molecule has 1 rings (SSSR count). The number of hydrogen-bond acceptors (Lipinski definition) is 4. The van der Waals surface area contributed by atoms with E-state index in [0.29, 0.717) is 13.0 Å². The molecule has 0 aromatic heterocycles. The van der Waals surface area contributed by atoms with E-state index in [1.807, 2.05) is 0 Å². The van der Waals surface area contributed by atoms with Crippen molar-refractivity contribution in [2.75, 3.05) is 26.1 Å². The minimum Gasteiger partial charge on any atom is -0.394 e. The summed E-state index contributed by atoms with van der Waals surface area (Å²) in [4.78, 5) is 11.6. The van der Waals surface area contributed by atoms with Crippen molar-refractivity contribution in [2.24, 2.45) is 5.41 Å². The average molecular weight is 233 g/mol. The van der Waals surface area contributed by atoms with Gasteiger partial charge in [-0.2, -0.15) is 12.6 Å². The smallest absolute Gasteiger partial charge is 0.220 e. The van der Waals surface area contributed by atoms with Crippen molar-refractivity contribution in [3.05, 3.63) is 0 Å². The lowest BCUT2D eigenvalue weighted by atomic mass is 10.0. The van der Waals surface area contributed by atoms with Gasteiger partial charge in [0.1, 0.15) is 0 Å². The Morgan fingerprint density at radius 2 is 2.33 bits per heavy atom. The third-order valence-corrected chi connectivity index (χ3v) is 3.45. The molecule has 1 amide bonds. The van der Waals surface area contributed by atoms with Crippen LogP contribution in [0, 0.1) is 5.41 Å². The highest BCUT2D eigenvalue weighted by atomic mass is 32.1. The van der Waals surface area contributed by atoms with Gasteiger partial charge in [-0.05, 0) is 24.0 Å². The first-order chi connectivity index (χ1) is 7.15. The van der Waals surface area contributed by atoms with Crippen molar-refractivity contribution < 1.29 is 14.6 Å². The zero-order chi connectivity index (χ0) is 11.3. The summed E-state index contributed by atoms with van der Waals surface area (Å²) in [5.41, 5.74) is 0.125. The molecule has 1 aliphatic carbocycles. The molecule has 0 spiro atoms. The molecule has 1 atom stereocenters. The van der Waals surface area contributed by atoms with Gasteiger partial charge in [-0.1, -0.05) is 0 Å². The molecule has 15 heavy (non-hydrogen) atoms. The van der Waals surface area contributed by atoms with Crippen LogP contribution in [0.2, 0.25) is 0 Å². The number of carbonyl (C=O) groups is 1. The second-order valence-corrected chi connectivity index (χ2v) is 4.55. The van der Waals surface area contributed by atoms with Gasteiger partial charge in [0.2, 0.25) is 5.91 Å². The van der Waals surface area contributed by atoms with Crippen LogP contribution in [0.4, 0.5) is 0 Å². The number of thiol groups is 1. The zero-order valence-electron chi connectivity index (χ0n) is 9.03. The average Bonchev–Trinajstić information content (AvgIpc) is 2.97. The first-order valence-corrected chi connectivity index (χ1v) is 5.79. The molecule has 0 bridgehead atoms. The molecule has 1 fully saturated rings. The molecule has 5 heteroatoms. The van der Waals surface area contributed by atoms with Crippen LogP contribution < -0.4 is 5.32 Å². The normalized spacial score (nSPS) is 19.7. The molecule has 1 saturated carbocycles.